The molecule has 0 aliphatic rings. The molecule has 7 rings (SSSR count). The Hall–Kier alpha value is -3.15. The topological polar surface area (TPSA) is 25.8 Å². The minimum absolute atomic E-state index is 0. The molecule has 0 aliphatic heterocycles. The molecular formula is C39H36GeIrN2S-2. The van der Waals surface area contributed by atoms with Crippen molar-refractivity contribution in [1.82, 2.24) is 9.97 Å². The molecule has 5 heteroatoms. The maximum absolute atomic E-state index is 8.36. The van der Waals surface area contributed by atoms with Crippen molar-refractivity contribution >= 4 is 59.9 Å². The van der Waals surface area contributed by atoms with Gasteiger partial charge in [-0.1, -0.05) is 61.2 Å². The van der Waals surface area contributed by atoms with Crippen LogP contribution in [0.2, 0.25) is 17.3 Å². The number of rotatable bonds is 4. The summed E-state index contributed by atoms with van der Waals surface area (Å²) in [5, 5.41) is 5.15. The summed E-state index contributed by atoms with van der Waals surface area (Å²) in [6, 6.07) is 37.9. The number of pyridine rings is 2. The molecule has 4 aromatic carbocycles. The van der Waals surface area contributed by atoms with Gasteiger partial charge >= 0.3 is 99.8 Å². The molecule has 7 aromatic rings. The van der Waals surface area contributed by atoms with Crippen LogP contribution in [0, 0.1) is 19.1 Å². The summed E-state index contributed by atoms with van der Waals surface area (Å²) in [5.74, 6) is 6.49. The molecule has 0 saturated heterocycles. The van der Waals surface area contributed by atoms with Crippen LogP contribution < -0.4 is 4.40 Å². The summed E-state index contributed by atoms with van der Waals surface area (Å²) in [6.07, 6.45) is 3.84. The van der Waals surface area contributed by atoms with E-state index in [1.807, 2.05) is 73.8 Å². The molecule has 3 heterocycles. The molecule has 223 valence electrons. The number of hydrogen-bond acceptors (Lipinski definition) is 3. The zero-order chi connectivity index (χ0) is 31.1. The van der Waals surface area contributed by atoms with E-state index in [1.165, 1.54) is 40.9 Å². The van der Waals surface area contributed by atoms with Gasteiger partial charge < -0.3 is 4.98 Å². The van der Waals surface area contributed by atoms with Gasteiger partial charge in [0.1, 0.15) is 0 Å². The number of fused-ring (bicyclic) bond motifs is 5. The normalized spacial score (nSPS) is 12.0. The van der Waals surface area contributed by atoms with Gasteiger partial charge in [0.2, 0.25) is 0 Å². The second-order valence-electron chi connectivity index (χ2n) is 12.2. The third-order valence-electron chi connectivity index (χ3n) is 7.86. The van der Waals surface area contributed by atoms with Gasteiger partial charge in [-0.2, -0.15) is 11.3 Å². The number of aromatic nitrogens is 2. The van der Waals surface area contributed by atoms with E-state index in [0.717, 1.165) is 28.1 Å². The first-order chi connectivity index (χ1) is 21.0. The Morgan fingerprint density at radius 3 is 2.32 bits per heavy atom. The van der Waals surface area contributed by atoms with Crippen molar-refractivity contribution in [3.05, 3.63) is 127 Å². The second-order valence-corrected chi connectivity index (χ2v) is 23.9. The largest absolute Gasteiger partial charge is 0 e. The summed E-state index contributed by atoms with van der Waals surface area (Å²) in [5.41, 5.74) is 6.25. The molecule has 0 unspecified atom stereocenters. The molecule has 2 nitrogen and oxygen atoms in total. The SMILES string of the molecule is [2H]C(C)(C)c1ccnc(-c2[c-]ccc3c2sc2c3ccc3cccc(C)c32)c1.[CH3][Ge]([CH3])([CH3])[c]1ccc(-c2[c-]cccc2)nc1.[Ir]. The fraction of sp³-hybridized carbons (Fsp3) is 0.179. The van der Waals surface area contributed by atoms with Crippen molar-refractivity contribution in [2.24, 2.45) is 0 Å². The molecule has 0 atom stereocenters. The smallest absolute Gasteiger partial charge is 0 e. The van der Waals surface area contributed by atoms with Crippen LogP contribution in [0.25, 0.3) is 53.5 Å². The summed E-state index contributed by atoms with van der Waals surface area (Å²) >= 11 is 0.106. The van der Waals surface area contributed by atoms with Crippen molar-refractivity contribution in [3.8, 4) is 22.5 Å². The number of nitrogens with zero attached hydrogens (tertiary/aromatic N) is 2. The summed E-state index contributed by atoms with van der Waals surface area (Å²) in [4.78, 5) is 9.15. The van der Waals surface area contributed by atoms with Crippen molar-refractivity contribution < 1.29 is 21.5 Å². The molecule has 0 N–H and O–H groups in total. The fourth-order valence-corrected chi connectivity index (χ4v) is 8.96. The molecule has 0 saturated carbocycles. The van der Waals surface area contributed by atoms with E-state index in [2.05, 4.69) is 94.8 Å². The predicted octanol–water partition coefficient (Wildman–Crippen LogP) is 10.6. The van der Waals surface area contributed by atoms with E-state index in [0.29, 0.717) is 0 Å². The van der Waals surface area contributed by atoms with Crippen LogP contribution in [0.3, 0.4) is 0 Å². The first-order valence-corrected chi connectivity index (χ1v) is 22.8. The zero-order valence-corrected chi connectivity index (χ0v) is 31.3. The fourth-order valence-electron chi connectivity index (χ4n) is 5.36. The van der Waals surface area contributed by atoms with Crippen LogP contribution in [-0.2, 0) is 20.1 Å². The number of aryl methyl sites for hydroxylation is 1. The Labute approximate surface area is 282 Å². The monoisotopic (exact) mass is 832 g/mol. The molecule has 0 aliphatic carbocycles. The minimum Gasteiger partial charge on any atom is 0 e. The van der Waals surface area contributed by atoms with E-state index < -0.39 is 19.2 Å². The maximum atomic E-state index is 8.36. The van der Waals surface area contributed by atoms with Crippen molar-refractivity contribution in [1.29, 1.82) is 0 Å². The molecule has 1 radical (unpaired) electrons. The van der Waals surface area contributed by atoms with Crippen LogP contribution in [-0.4, -0.2) is 23.2 Å². The average molecular weight is 831 g/mol. The first kappa shape index (κ1) is 30.9. The number of hydrogen-bond donors (Lipinski definition) is 0. The molecule has 44 heavy (non-hydrogen) atoms. The Morgan fingerprint density at radius 2 is 1.61 bits per heavy atom. The second kappa shape index (κ2) is 13.5. The quantitative estimate of drug-likeness (QED) is 0.130. The van der Waals surface area contributed by atoms with Crippen LogP contribution in [0.1, 0.15) is 32.2 Å². The van der Waals surface area contributed by atoms with Crippen LogP contribution in [0.5, 0.6) is 0 Å². The summed E-state index contributed by atoms with van der Waals surface area (Å²) in [6.45, 7) is 6.00. The molecule has 3 aromatic heterocycles. The molecule has 0 fully saturated rings. The van der Waals surface area contributed by atoms with E-state index in [4.69, 9.17) is 1.37 Å². The third kappa shape index (κ3) is 6.60. The van der Waals surface area contributed by atoms with Crippen molar-refractivity contribution in [2.45, 2.75) is 43.9 Å². The van der Waals surface area contributed by atoms with Gasteiger partial charge in [0, 0.05) is 37.8 Å². The Bertz CT molecular complexity index is 2090. The maximum Gasteiger partial charge on any atom is 0 e. The Morgan fingerprint density at radius 1 is 0.795 bits per heavy atom. The van der Waals surface area contributed by atoms with E-state index in [9.17, 15) is 0 Å². The van der Waals surface area contributed by atoms with Crippen LogP contribution >= 0.6 is 11.3 Å². The van der Waals surface area contributed by atoms with Gasteiger partial charge in [-0.25, -0.2) is 0 Å². The number of benzene rings is 4. The van der Waals surface area contributed by atoms with Gasteiger partial charge in [-0.15, -0.1) is 23.8 Å². The van der Waals surface area contributed by atoms with Crippen molar-refractivity contribution in [3.63, 3.8) is 0 Å². The Kier molecular flexibility index (Phi) is 9.44. The standard InChI is InChI=1S/C25H20NS.C14H16GeN.Ir/c1-15(2)18-12-13-26-22(14-18)21-9-5-8-19-20-11-10-17-7-4-6-16(3)23(17)25(20)27-24(19)21;1-15(2,3)13-9-10-14(16-11-13)12-7-5-4-6-8-12;/h4-8,10-15H,1-3H3;4-7,9-11H,1-3H3;/q2*-1;/i15D;;. The van der Waals surface area contributed by atoms with Crippen molar-refractivity contribution in [2.75, 3.05) is 0 Å². The van der Waals surface area contributed by atoms with Crippen LogP contribution in [0.15, 0.2) is 103 Å². The summed E-state index contributed by atoms with van der Waals surface area (Å²) < 4.78 is 12.3. The van der Waals surface area contributed by atoms with E-state index >= 15 is 0 Å². The number of thiophene rings is 1. The van der Waals surface area contributed by atoms with E-state index in [-0.39, 0.29) is 20.1 Å². The zero-order valence-electron chi connectivity index (χ0n) is 27.0. The predicted molar refractivity (Wildman–Crippen MR) is 189 cm³/mol. The average Bonchev–Trinajstić information content (AvgIpc) is 3.40. The van der Waals surface area contributed by atoms with Gasteiger partial charge in [0.15, 0.2) is 0 Å². The molecule has 0 spiro atoms. The van der Waals surface area contributed by atoms with Gasteiger partial charge in [0.05, 0.1) is 0 Å². The first-order valence-electron chi connectivity index (χ1n) is 15.2. The van der Waals surface area contributed by atoms with E-state index in [1.54, 1.807) is 6.20 Å². The molecule has 0 amide bonds. The third-order valence-corrected chi connectivity index (χ3v) is 13.4. The molecule has 0 bridgehead atoms. The van der Waals surface area contributed by atoms with Gasteiger partial charge in [-0.05, 0) is 45.6 Å². The summed E-state index contributed by atoms with van der Waals surface area (Å²) in [7, 11) is 0. The van der Waals surface area contributed by atoms with Crippen LogP contribution in [0.4, 0.5) is 0 Å². The minimum atomic E-state index is -1.72. The Balaban J connectivity index is 0.000000202. The van der Waals surface area contributed by atoms with Gasteiger partial charge in [-0.3, -0.25) is 0 Å². The van der Waals surface area contributed by atoms with Gasteiger partial charge in [0.25, 0.3) is 0 Å². The molecular weight excluding hydrogens is 793 g/mol.